The van der Waals surface area contributed by atoms with Crippen molar-refractivity contribution in [1.82, 2.24) is 5.32 Å². The van der Waals surface area contributed by atoms with Gasteiger partial charge in [0.05, 0.1) is 18.1 Å². The summed E-state index contributed by atoms with van der Waals surface area (Å²) in [7, 11) is 0. The predicted molar refractivity (Wildman–Crippen MR) is 71.2 cm³/mol. The molecule has 2 rings (SSSR count). The van der Waals surface area contributed by atoms with Gasteiger partial charge >= 0.3 is 0 Å². The van der Waals surface area contributed by atoms with Crippen LogP contribution in [-0.4, -0.2) is 30.7 Å². The van der Waals surface area contributed by atoms with Gasteiger partial charge in [-0.25, -0.2) is 0 Å². The summed E-state index contributed by atoms with van der Waals surface area (Å²) in [6.07, 6.45) is 7.42. The van der Waals surface area contributed by atoms with Crippen LogP contribution in [0, 0.1) is 5.92 Å². The lowest BCUT2D eigenvalue weighted by Gasteiger charge is -2.36. The fourth-order valence-corrected chi connectivity index (χ4v) is 3.08. The monoisotopic (exact) mass is 254 g/mol. The van der Waals surface area contributed by atoms with E-state index in [1.807, 2.05) is 0 Å². The summed E-state index contributed by atoms with van der Waals surface area (Å²) in [5, 5.41) is 3.18. The molecule has 3 atom stereocenters. The first-order valence-corrected chi connectivity index (χ1v) is 7.26. The van der Waals surface area contributed by atoms with Gasteiger partial charge in [-0.05, 0) is 32.6 Å². The highest BCUT2D eigenvalue weighted by molar-refractivity contribution is 5.80. The molecule has 4 nitrogen and oxygen atoms in total. The molecule has 0 aromatic rings. The number of hydrogen-bond donors (Lipinski definition) is 2. The molecule has 4 heteroatoms. The Morgan fingerprint density at radius 2 is 2.06 bits per heavy atom. The molecule has 2 fully saturated rings. The van der Waals surface area contributed by atoms with Crippen molar-refractivity contribution in [3.63, 3.8) is 0 Å². The third kappa shape index (κ3) is 3.45. The summed E-state index contributed by atoms with van der Waals surface area (Å²) in [5.74, 6) is 0.128. The molecule has 2 aliphatic rings. The van der Waals surface area contributed by atoms with E-state index in [9.17, 15) is 4.79 Å². The van der Waals surface area contributed by atoms with Gasteiger partial charge in [0, 0.05) is 12.6 Å². The first-order valence-electron chi connectivity index (χ1n) is 7.26. The van der Waals surface area contributed by atoms with Gasteiger partial charge in [-0.2, -0.15) is 0 Å². The molecule has 1 heterocycles. The van der Waals surface area contributed by atoms with Crippen LogP contribution in [0.15, 0.2) is 0 Å². The molecule has 104 valence electrons. The second kappa shape index (κ2) is 6.02. The topological polar surface area (TPSA) is 64.4 Å². The predicted octanol–water partition coefficient (Wildman–Crippen LogP) is 1.58. The lowest BCUT2D eigenvalue weighted by molar-refractivity contribution is -0.129. The third-order valence-corrected chi connectivity index (χ3v) is 4.27. The van der Waals surface area contributed by atoms with Crippen molar-refractivity contribution < 1.29 is 9.53 Å². The maximum atomic E-state index is 12.4. The van der Waals surface area contributed by atoms with Crippen LogP contribution in [0.4, 0.5) is 0 Å². The van der Waals surface area contributed by atoms with Crippen LogP contribution in [0.2, 0.25) is 0 Å². The lowest BCUT2D eigenvalue weighted by Crippen LogP contribution is -2.55. The van der Waals surface area contributed by atoms with Crippen molar-refractivity contribution in [2.24, 2.45) is 11.7 Å². The van der Waals surface area contributed by atoms with Crippen molar-refractivity contribution in [2.75, 3.05) is 13.2 Å². The molecule has 1 saturated heterocycles. The maximum absolute atomic E-state index is 12.4. The second-order valence-corrected chi connectivity index (χ2v) is 6.11. The molecule has 1 aliphatic carbocycles. The summed E-state index contributed by atoms with van der Waals surface area (Å²) in [5.41, 5.74) is 5.94. The molecule has 18 heavy (non-hydrogen) atoms. The Balaban J connectivity index is 1.93. The van der Waals surface area contributed by atoms with E-state index >= 15 is 0 Å². The van der Waals surface area contributed by atoms with Gasteiger partial charge in [-0.1, -0.05) is 19.3 Å². The average Bonchev–Trinajstić information content (AvgIpc) is 2.54. The zero-order valence-corrected chi connectivity index (χ0v) is 11.4. The van der Waals surface area contributed by atoms with E-state index in [1.54, 1.807) is 0 Å². The first kappa shape index (κ1) is 13.8. The van der Waals surface area contributed by atoms with E-state index in [0.717, 1.165) is 45.1 Å². The van der Waals surface area contributed by atoms with Gasteiger partial charge < -0.3 is 15.8 Å². The Labute approximate surface area is 110 Å². The van der Waals surface area contributed by atoms with Gasteiger partial charge in [0.15, 0.2) is 0 Å². The van der Waals surface area contributed by atoms with Crippen LogP contribution >= 0.6 is 0 Å². The van der Waals surface area contributed by atoms with Crippen molar-refractivity contribution in [2.45, 2.75) is 63.5 Å². The molecule has 3 unspecified atom stereocenters. The highest BCUT2D eigenvalue weighted by Crippen LogP contribution is 2.25. The minimum Gasteiger partial charge on any atom is -0.379 e. The largest absolute Gasteiger partial charge is 0.379 e. The smallest absolute Gasteiger partial charge is 0.225 e. The lowest BCUT2D eigenvalue weighted by atomic mass is 9.90. The highest BCUT2D eigenvalue weighted by atomic mass is 16.5. The number of rotatable bonds is 2. The van der Waals surface area contributed by atoms with E-state index in [1.165, 1.54) is 6.42 Å². The average molecular weight is 254 g/mol. The Bertz CT molecular complexity index is 288. The molecular formula is C14H26N2O2. The number of amides is 1. The number of carbonyl (C=O) groups excluding carboxylic acids is 1. The molecule has 0 aromatic heterocycles. The van der Waals surface area contributed by atoms with E-state index in [2.05, 4.69) is 12.2 Å². The second-order valence-electron chi connectivity index (χ2n) is 6.11. The van der Waals surface area contributed by atoms with Crippen molar-refractivity contribution in [3.8, 4) is 0 Å². The van der Waals surface area contributed by atoms with Gasteiger partial charge in [0.1, 0.15) is 0 Å². The molecule has 0 aromatic carbocycles. The van der Waals surface area contributed by atoms with Crippen LogP contribution in [0.5, 0.6) is 0 Å². The van der Waals surface area contributed by atoms with Gasteiger partial charge in [0.2, 0.25) is 5.91 Å². The molecule has 1 amide bonds. The molecule has 1 saturated carbocycles. The Kier molecular flexibility index (Phi) is 4.62. The number of nitrogens with two attached hydrogens (primary N) is 1. The third-order valence-electron chi connectivity index (χ3n) is 4.27. The minimum absolute atomic E-state index is 0.00810. The van der Waals surface area contributed by atoms with Gasteiger partial charge in [-0.3, -0.25) is 4.79 Å². The molecule has 3 N–H and O–H groups in total. The summed E-state index contributed by atoms with van der Waals surface area (Å²) in [6.45, 7) is 3.52. The van der Waals surface area contributed by atoms with Crippen molar-refractivity contribution in [1.29, 1.82) is 0 Å². The van der Waals surface area contributed by atoms with Crippen molar-refractivity contribution in [3.05, 3.63) is 0 Å². The molecule has 0 spiro atoms. The number of ether oxygens (including phenoxy) is 1. The van der Waals surface area contributed by atoms with Crippen LogP contribution in [0.3, 0.4) is 0 Å². The van der Waals surface area contributed by atoms with E-state index in [0.29, 0.717) is 6.61 Å². The Morgan fingerprint density at radius 1 is 1.28 bits per heavy atom. The molecule has 0 radical (unpaired) electrons. The SMILES string of the molecule is CC1(NC(=O)C2CCCCCC2N)CCCOC1. The van der Waals surface area contributed by atoms with Crippen LogP contribution in [0.1, 0.15) is 51.9 Å². The number of hydrogen-bond acceptors (Lipinski definition) is 3. The van der Waals surface area contributed by atoms with E-state index in [4.69, 9.17) is 10.5 Å². The zero-order chi connectivity index (χ0) is 13.0. The number of nitrogens with one attached hydrogen (secondary N) is 1. The maximum Gasteiger partial charge on any atom is 0.225 e. The van der Waals surface area contributed by atoms with Gasteiger partial charge in [-0.15, -0.1) is 0 Å². The fourth-order valence-electron chi connectivity index (χ4n) is 3.08. The van der Waals surface area contributed by atoms with Crippen molar-refractivity contribution >= 4 is 5.91 Å². The summed E-state index contributed by atoms with van der Waals surface area (Å²) in [4.78, 5) is 12.4. The fraction of sp³-hybridized carbons (Fsp3) is 0.929. The molecule has 1 aliphatic heterocycles. The van der Waals surface area contributed by atoms with Crippen LogP contribution in [-0.2, 0) is 9.53 Å². The van der Waals surface area contributed by atoms with Crippen LogP contribution in [0.25, 0.3) is 0 Å². The van der Waals surface area contributed by atoms with Gasteiger partial charge in [0.25, 0.3) is 0 Å². The normalized spacial score (nSPS) is 37.9. The summed E-state index contributed by atoms with van der Waals surface area (Å²) >= 11 is 0. The summed E-state index contributed by atoms with van der Waals surface area (Å²) in [6, 6.07) is 0.0283. The highest BCUT2D eigenvalue weighted by Gasteiger charge is 2.34. The van der Waals surface area contributed by atoms with E-state index < -0.39 is 0 Å². The summed E-state index contributed by atoms with van der Waals surface area (Å²) < 4.78 is 5.48. The minimum atomic E-state index is -0.193. The zero-order valence-electron chi connectivity index (χ0n) is 11.4. The van der Waals surface area contributed by atoms with E-state index in [-0.39, 0.29) is 23.4 Å². The molecular weight excluding hydrogens is 228 g/mol. The Hall–Kier alpha value is -0.610. The Morgan fingerprint density at radius 3 is 2.78 bits per heavy atom. The standard InChI is InChI=1S/C14H26N2O2/c1-14(8-5-9-18-10-14)16-13(17)11-6-3-2-4-7-12(11)15/h11-12H,2-10,15H2,1H3,(H,16,17). The first-order chi connectivity index (χ1) is 8.61. The van der Waals surface area contributed by atoms with Crippen LogP contribution < -0.4 is 11.1 Å². The number of carbonyl (C=O) groups is 1. The quantitative estimate of drug-likeness (QED) is 0.735. The molecule has 0 bridgehead atoms.